The van der Waals surface area contributed by atoms with Crippen molar-refractivity contribution in [3.8, 4) is 0 Å². The maximum absolute atomic E-state index is 12.3. The Bertz CT molecular complexity index is 482. The first-order valence-electron chi connectivity index (χ1n) is 8.67. The van der Waals surface area contributed by atoms with E-state index in [1.165, 1.54) is 4.88 Å². The number of thiophene rings is 1. The molecule has 0 bridgehead atoms. The van der Waals surface area contributed by atoms with Crippen molar-refractivity contribution in [2.24, 2.45) is 0 Å². The number of hydrogen-bond donors (Lipinski definition) is 1. The molecule has 2 atom stereocenters. The van der Waals surface area contributed by atoms with Crippen molar-refractivity contribution in [3.05, 3.63) is 22.4 Å². The summed E-state index contributed by atoms with van der Waals surface area (Å²) in [5, 5.41) is 5.80. The summed E-state index contributed by atoms with van der Waals surface area (Å²) in [6.07, 6.45) is 4.21. The van der Waals surface area contributed by atoms with Crippen LogP contribution in [0.2, 0.25) is 0 Å². The topological polar surface area (TPSA) is 41.6 Å². The van der Waals surface area contributed by atoms with Gasteiger partial charge in [-0.25, -0.2) is 4.79 Å². The zero-order valence-electron chi connectivity index (χ0n) is 14.8. The highest BCUT2D eigenvalue weighted by molar-refractivity contribution is 7.10. The Hall–Kier alpha value is -1.07. The lowest BCUT2D eigenvalue weighted by Gasteiger charge is -2.29. The van der Waals surface area contributed by atoms with Gasteiger partial charge in [-0.3, -0.25) is 0 Å². The normalized spacial score (nSPS) is 19.8. The molecule has 1 aromatic rings. The number of amides is 1. The number of nitrogens with zero attached hydrogens (tertiary/aromatic N) is 1. The molecule has 1 aliphatic heterocycles. The zero-order valence-corrected chi connectivity index (χ0v) is 15.6. The molecule has 130 valence electrons. The highest BCUT2D eigenvalue weighted by Crippen LogP contribution is 2.25. The molecule has 0 saturated carbocycles. The summed E-state index contributed by atoms with van der Waals surface area (Å²) in [6, 6.07) is 4.93. The molecule has 0 radical (unpaired) electrons. The average molecular weight is 339 g/mol. The minimum atomic E-state index is -0.431. The smallest absolute Gasteiger partial charge is 0.410 e. The van der Waals surface area contributed by atoms with Crippen molar-refractivity contribution in [3.63, 3.8) is 0 Å². The summed E-state index contributed by atoms with van der Waals surface area (Å²) in [5.74, 6) is 0. The molecule has 0 aromatic carbocycles. The Morgan fingerprint density at radius 1 is 1.52 bits per heavy atom. The van der Waals surface area contributed by atoms with E-state index in [0.29, 0.717) is 6.04 Å². The first-order chi connectivity index (χ1) is 10.9. The Morgan fingerprint density at radius 3 is 2.91 bits per heavy atom. The Kier molecular flexibility index (Phi) is 6.48. The predicted molar refractivity (Wildman–Crippen MR) is 95.9 cm³/mol. The van der Waals surface area contributed by atoms with Gasteiger partial charge in [0.15, 0.2) is 0 Å². The summed E-state index contributed by atoms with van der Waals surface area (Å²) in [4.78, 5) is 15.6. The third-order valence-corrected chi connectivity index (χ3v) is 5.05. The van der Waals surface area contributed by atoms with Crippen molar-refractivity contribution in [1.82, 2.24) is 10.2 Å². The molecule has 4 nitrogen and oxygen atoms in total. The van der Waals surface area contributed by atoms with Crippen LogP contribution in [0.5, 0.6) is 0 Å². The lowest BCUT2D eigenvalue weighted by atomic mass is 10.1. The lowest BCUT2D eigenvalue weighted by molar-refractivity contribution is 0.0224. The van der Waals surface area contributed by atoms with Crippen LogP contribution in [0.15, 0.2) is 17.5 Å². The highest BCUT2D eigenvalue weighted by Gasteiger charge is 2.32. The molecule has 1 saturated heterocycles. The van der Waals surface area contributed by atoms with Crippen LogP contribution in [0.4, 0.5) is 4.79 Å². The zero-order chi connectivity index (χ0) is 16.9. The van der Waals surface area contributed by atoms with Crippen LogP contribution in [0.3, 0.4) is 0 Å². The highest BCUT2D eigenvalue weighted by atomic mass is 32.1. The largest absolute Gasteiger partial charge is 0.444 e. The molecule has 2 heterocycles. The molecule has 0 aliphatic carbocycles. The van der Waals surface area contributed by atoms with Crippen LogP contribution < -0.4 is 5.32 Å². The molecule has 1 N–H and O–H groups in total. The van der Waals surface area contributed by atoms with Crippen LogP contribution in [0, 0.1) is 0 Å². The van der Waals surface area contributed by atoms with Gasteiger partial charge < -0.3 is 15.0 Å². The summed E-state index contributed by atoms with van der Waals surface area (Å²) in [7, 11) is 0. The van der Waals surface area contributed by atoms with E-state index >= 15 is 0 Å². The summed E-state index contributed by atoms with van der Waals surface area (Å²) < 4.78 is 5.54. The second-order valence-electron chi connectivity index (χ2n) is 7.23. The number of likely N-dealkylation sites (tertiary alicyclic amines) is 1. The number of ether oxygens (including phenoxy) is 1. The van der Waals surface area contributed by atoms with Gasteiger partial charge in [0.2, 0.25) is 0 Å². The maximum Gasteiger partial charge on any atom is 0.410 e. The van der Waals surface area contributed by atoms with Crippen LogP contribution >= 0.6 is 11.3 Å². The third-order valence-electron chi connectivity index (χ3n) is 4.07. The van der Waals surface area contributed by atoms with Gasteiger partial charge in [0, 0.05) is 30.1 Å². The monoisotopic (exact) mass is 338 g/mol. The standard InChI is InChI=1S/C18H30N2O2S/c1-5-8-15(16-10-7-12-23-16)19-13-14-9-6-11-20(14)17(21)22-18(2,3)4/h7,10,12,14-15,19H,5-6,8-9,11,13H2,1-4H3. The number of carbonyl (C=O) groups is 1. The second-order valence-corrected chi connectivity index (χ2v) is 8.21. The van der Waals surface area contributed by atoms with Crippen LogP contribution in [-0.4, -0.2) is 35.7 Å². The SMILES string of the molecule is CCCC(NCC1CCCN1C(=O)OC(C)(C)C)c1cccs1. The van der Waals surface area contributed by atoms with Gasteiger partial charge in [0.05, 0.1) is 0 Å². The minimum Gasteiger partial charge on any atom is -0.444 e. The van der Waals surface area contributed by atoms with Gasteiger partial charge in [0.1, 0.15) is 5.60 Å². The maximum atomic E-state index is 12.3. The third kappa shape index (κ3) is 5.50. The fourth-order valence-electron chi connectivity index (χ4n) is 3.01. The molecular formula is C18H30N2O2S. The predicted octanol–water partition coefficient (Wildman–Crippen LogP) is 4.58. The lowest BCUT2D eigenvalue weighted by Crippen LogP contribution is -2.44. The summed E-state index contributed by atoms with van der Waals surface area (Å²) in [5.41, 5.74) is -0.431. The molecule has 23 heavy (non-hydrogen) atoms. The van der Waals surface area contributed by atoms with Crippen LogP contribution in [-0.2, 0) is 4.74 Å². The van der Waals surface area contributed by atoms with Crippen molar-refractivity contribution in [1.29, 1.82) is 0 Å². The Labute approximate surface area is 144 Å². The molecular weight excluding hydrogens is 308 g/mol. The Morgan fingerprint density at radius 2 is 2.30 bits per heavy atom. The van der Waals surface area contributed by atoms with Crippen LogP contribution in [0.1, 0.15) is 64.3 Å². The van der Waals surface area contributed by atoms with Crippen molar-refractivity contribution in [2.75, 3.05) is 13.1 Å². The molecule has 5 heteroatoms. The molecule has 1 aliphatic rings. The second kappa shape index (κ2) is 8.15. The Balaban J connectivity index is 1.91. The molecule has 2 unspecified atom stereocenters. The van der Waals surface area contributed by atoms with E-state index in [0.717, 1.165) is 38.8 Å². The molecule has 1 fully saturated rings. The van der Waals surface area contributed by atoms with E-state index in [4.69, 9.17) is 4.74 Å². The number of hydrogen-bond acceptors (Lipinski definition) is 4. The van der Waals surface area contributed by atoms with Crippen molar-refractivity contribution >= 4 is 17.4 Å². The fourth-order valence-corrected chi connectivity index (χ4v) is 3.85. The minimum absolute atomic E-state index is 0.176. The first kappa shape index (κ1) is 18.3. The first-order valence-corrected chi connectivity index (χ1v) is 9.55. The van der Waals surface area contributed by atoms with E-state index in [1.807, 2.05) is 25.7 Å². The van der Waals surface area contributed by atoms with E-state index < -0.39 is 5.60 Å². The van der Waals surface area contributed by atoms with E-state index in [1.54, 1.807) is 11.3 Å². The van der Waals surface area contributed by atoms with Crippen molar-refractivity contribution in [2.45, 2.75) is 71.1 Å². The van der Waals surface area contributed by atoms with Gasteiger partial charge >= 0.3 is 6.09 Å². The number of carbonyl (C=O) groups excluding carboxylic acids is 1. The van der Waals surface area contributed by atoms with Gasteiger partial charge in [0.25, 0.3) is 0 Å². The number of rotatable bonds is 6. The number of nitrogens with one attached hydrogen (secondary N) is 1. The van der Waals surface area contributed by atoms with Crippen molar-refractivity contribution < 1.29 is 9.53 Å². The van der Waals surface area contributed by atoms with Gasteiger partial charge in [-0.1, -0.05) is 19.4 Å². The van der Waals surface area contributed by atoms with Gasteiger partial charge in [-0.05, 0) is 51.5 Å². The average Bonchev–Trinajstić information content (AvgIpc) is 3.12. The van der Waals surface area contributed by atoms with E-state index in [-0.39, 0.29) is 12.1 Å². The molecule has 1 amide bonds. The molecule has 0 spiro atoms. The van der Waals surface area contributed by atoms with E-state index in [2.05, 4.69) is 29.8 Å². The fraction of sp³-hybridized carbons (Fsp3) is 0.722. The molecule has 1 aromatic heterocycles. The van der Waals surface area contributed by atoms with Gasteiger partial charge in [-0.15, -0.1) is 11.3 Å². The molecule has 2 rings (SSSR count). The summed E-state index contributed by atoms with van der Waals surface area (Å²) >= 11 is 1.80. The summed E-state index contributed by atoms with van der Waals surface area (Å²) in [6.45, 7) is 9.61. The van der Waals surface area contributed by atoms with E-state index in [9.17, 15) is 4.79 Å². The van der Waals surface area contributed by atoms with Crippen LogP contribution in [0.25, 0.3) is 0 Å². The quantitative estimate of drug-likeness (QED) is 0.825. The van der Waals surface area contributed by atoms with Gasteiger partial charge in [-0.2, -0.15) is 0 Å².